The SMILES string of the molecule is C[C@H](N)CN1CCOCCC1=O. The van der Waals surface area contributed by atoms with Crippen molar-refractivity contribution in [2.75, 3.05) is 26.3 Å². The molecule has 1 atom stereocenters. The molecule has 0 unspecified atom stereocenters. The van der Waals surface area contributed by atoms with Gasteiger partial charge in [0.1, 0.15) is 0 Å². The summed E-state index contributed by atoms with van der Waals surface area (Å²) in [5.41, 5.74) is 5.60. The molecule has 1 rings (SSSR count). The molecular formula is C8H16N2O2. The molecule has 2 N–H and O–H groups in total. The van der Waals surface area contributed by atoms with Crippen LogP contribution in [0.3, 0.4) is 0 Å². The Balaban J connectivity index is 2.42. The second-order valence-electron chi connectivity index (χ2n) is 3.18. The molecule has 0 radical (unpaired) electrons. The maximum absolute atomic E-state index is 11.3. The predicted molar refractivity (Wildman–Crippen MR) is 45.7 cm³/mol. The Morgan fingerprint density at radius 3 is 3.08 bits per heavy atom. The second kappa shape index (κ2) is 4.42. The van der Waals surface area contributed by atoms with Gasteiger partial charge in [-0.1, -0.05) is 0 Å². The van der Waals surface area contributed by atoms with Crippen LogP contribution in [0, 0.1) is 0 Å². The van der Waals surface area contributed by atoms with E-state index in [0.717, 1.165) is 0 Å². The van der Waals surface area contributed by atoms with E-state index in [1.165, 1.54) is 0 Å². The van der Waals surface area contributed by atoms with E-state index in [1.54, 1.807) is 4.90 Å². The number of nitrogens with zero attached hydrogens (tertiary/aromatic N) is 1. The molecular weight excluding hydrogens is 156 g/mol. The van der Waals surface area contributed by atoms with Crippen LogP contribution in [0.15, 0.2) is 0 Å². The molecule has 1 heterocycles. The third-order valence-corrected chi connectivity index (χ3v) is 1.83. The maximum atomic E-state index is 11.3. The molecule has 1 saturated heterocycles. The van der Waals surface area contributed by atoms with Gasteiger partial charge in [-0.25, -0.2) is 0 Å². The van der Waals surface area contributed by atoms with Crippen molar-refractivity contribution in [3.63, 3.8) is 0 Å². The normalized spacial score (nSPS) is 22.2. The lowest BCUT2D eigenvalue weighted by molar-refractivity contribution is -0.130. The molecule has 0 aromatic rings. The van der Waals surface area contributed by atoms with Crippen molar-refractivity contribution in [3.8, 4) is 0 Å². The van der Waals surface area contributed by atoms with Gasteiger partial charge in [0, 0.05) is 19.1 Å². The Morgan fingerprint density at radius 2 is 2.42 bits per heavy atom. The quantitative estimate of drug-likeness (QED) is 0.615. The summed E-state index contributed by atoms with van der Waals surface area (Å²) in [6.45, 7) is 4.41. The number of amides is 1. The Bertz CT molecular complexity index is 159. The molecule has 0 saturated carbocycles. The lowest BCUT2D eigenvalue weighted by Gasteiger charge is -2.21. The number of carbonyl (C=O) groups excluding carboxylic acids is 1. The van der Waals surface area contributed by atoms with E-state index in [1.807, 2.05) is 6.92 Å². The molecule has 70 valence electrons. The first kappa shape index (κ1) is 9.48. The molecule has 1 amide bonds. The van der Waals surface area contributed by atoms with Crippen LogP contribution in [-0.2, 0) is 9.53 Å². The largest absolute Gasteiger partial charge is 0.379 e. The Morgan fingerprint density at radius 1 is 1.67 bits per heavy atom. The second-order valence-corrected chi connectivity index (χ2v) is 3.18. The topological polar surface area (TPSA) is 55.6 Å². The van der Waals surface area contributed by atoms with Gasteiger partial charge in [0.05, 0.1) is 19.6 Å². The van der Waals surface area contributed by atoms with Crippen molar-refractivity contribution in [2.24, 2.45) is 5.73 Å². The fraction of sp³-hybridized carbons (Fsp3) is 0.875. The van der Waals surface area contributed by atoms with Crippen LogP contribution in [0.2, 0.25) is 0 Å². The summed E-state index contributed by atoms with van der Waals surface area (Å²) in [4.78, 5) is 13.1. The zero-order chi connectivity index (χ0) is 8.97. The smallest absolute Gasteiger partial charge is 0.225 e. The summed E-state index contributed by atoms with van der Waals surface area (Å²) < 4.78 is 5.17. The van der Waals surface area contributed by atoms with Crippen molar-refractivity contribution in [3.05, 3.63) is 0 Å². The molecule has 0 aromatic heterocycles. The molecule has 0 bridgehead atoms. The van der Waals surface area contributed by atoms with Gasteiger partial charge in [0.2, 0.25) is 5.91 Å². The molecule has 12 heavy (non-hydrogen) atoms. The van der Waals surface area contributed by atoms with Crippen LogP contribution in [-0.4, -0.2) is 43.2 Å². The summed E-state index contributed by atoms with van der Waals surface area (Å²) in [6.07, 6.45) is 0.493. The number of rotatable bonds is 2. The van der Waals surface area contributed by atoms with Crippen LogP contribution < -0.4 is 5.73 Å². The summed E-state index contributed by atoms with van der Waals surface area (Å²) in [5, 5.41) is 0. The summed E-state index contributed by atoms with van der Waals surface area (Å²) in [5.74, 6) is 0.157. The lowest BCUT2D eigenvalue weighted by atomic mass is 10.3. The van der Waals surface area contributed by atoms with Crippen LogP contribution in [0.4, 0.5) is 0 Å². The van der Waals surface area contributed by atoms with Gasteiger partial charge in [-0.05, 0) is 6.92 Å². The highest BCUT2D eigenvalue weighted by molar-refractivity contribution is 5.76. The van der Waals surface area contributed by atoms with E-state index in [4.69, 9.17) is 10.5 Å². The standard InChI is InChI=1S/C8H16N2O2/c1-7(9)6-10-3-5-12-4-2-8(10)11/h7H,2-6,9H2,1H3/t7-/m0/s1. The van der Waals surface area contributed by atoms with Crippen molar-refractivity contribution in [2.45, 2.75) is 19.4 Å². The highest BCUT2D eigenvalue weighted by atomic mass is 16.5. The van der Waals surface area contributed by atoms with E-state index in [-0.39, 0.29) is 11.9 Å². The summed E-state index contributed by atoms with van der Waals surface area (Å²) in [6, 6.07) is 0.0482. The molecule has 1 aliphatic heterocycles. The van der Waals surface area contributed by atoms with Crippen molar-refractivity contribution >= 4 is 5.91 Å². The van der Waals surface area contributed by atoms with Crippen molar-refractivity contribution < 1.29 is 9.53 Å². The van der Waals surface area contributed by atoms with Crippen LogP contribution in [0.1, 0.15) is 13.3 Å². The van der Waals surface area contributed by atoms with E-state index >= 15 is 0 Å². The molecule has 4 heteroatoms. The molecule has 1 fully saturated rings. The van der Waals surface area contributed by atoms with E-state index in [9.17, 15) is 4.79 Å². The Kier molecular flexibility index (Phi) is 3.49. The average molecular weight is 172 g/mol. The third kappa shape index (κ3) is 2.79. The first-order valence-corrected chi connectivity index (χ1v) is 4.31. The first-order chi connectivity index (χ1) is 5.70. The number of ether oxygens (including phenoxy) is 1. The third-order valence-electron chi connectivity index (χ3n) is 1.83. The highest BCUT2D eigenvalue weighted by Gasteiger charge is 2.17. The van der Waals surface area contributed by atoms with E-state index in [2.05, 4.69) is 0 Å². The summed E-state index contributed by atoms with van der Waals surface area (Å²) >= 11 is 0. The van der Waals surface area contributed by atoms with Gasteiger partial charge in [-0.3, -0.25) is 4.79 Å². The van der Waals surface area contributed by atoms with Crippen LogP contribution >= 0.6 is 0 Å². The van der Waals surface area contributed by atoms with Gasteiger partial charge in [-0.2, -0.15) is 0 Å². The number of carbonyl (C=O) groups is 1. The van der Waals surface area contributed by atoms with Gasteiger partial charge >= 0.3 is 0 Å². The van der Waals surface area contributed by atoms with Gasteiger partial charge in [-0.15, -0.1) is 0 Å². The van der Waals surface area contributed by atoms with E-state index in [0.29, 0.717) is 32.7 Å². The predicted octanol–water partition coefficient (Wildman–Crippen LogP) is -0.417. The zero-order valence-electron chi connectivity index (χ0n) is 7.45. The first-order valence-electron chi connectivity index (χ1n) is 4.31. The fourth-order valence-electron chi connectivity index (χ4n) is 1.26. The number of hydrogen-bond donors (Lipinski definition) is 1. The van der Waals surface area contributed by atoms with Crippen molar-refractivity contribution in [1.82, 2.24) is 4.90 Å². The van der Waals surface area contributed by atoms with Crippen molar-refractivity contribution in [1.29, 1.82) is 0 Å². The molecule has 1 aliphatic rings. The number of nitrogens with two attached hydrogens (primary N) is 1. The van der Waals surface area contributed by atoms with E-state index < -0.39 is 0 Å². The van der Waals surface area contributed by atoms with Gasteiger partial charge < -0.3 is 15.4 Å². The monoisotopic (exact) mass is 172 g/mol. The maximum Gasteiger partial charge on any atom is 0.225 e. The number of hydrogen-bond acceptors (Lipinski definition) is 3. The molecule has 0 spiro atoms. The lowest BCUT2D eigenvalue weighted by Crippen LogP contribution is -2.40. The minimum Gasteiger partial charge on any atom is -0.379 e. The average Bonchev–Trinajstić information content (AvgIpc) is 2.16. The molecule has 0 aliphatic carbocycles. The molecule has 0 aromatic carbocycles. The van der Waals surface area contributed by atoms with Crippen LogP contribution in [0.5, 0.6) is 0 Å². The Labute approximate surface area is 72.7 Å². The van der Waals surface area contributed by atoms with Gasteiger partial charge in [0.25, 0.3) is 0 Å². The van der Waals surface area contributed by atoms with Gasteiger partial charge in [0.15, 0.2) is 0 Å². The minimum absolute atomic E-state index is 0.0482. The molecule has 4 nitrogen and oxygen atoms in total. The summed E-state index contributed by atoms with van der Waals surface area (Å²) in [7, 11) is 0. The fourth-order valence-corrected chi connectivity index (χ4v) is 1.26. The Hall–Kier alpha value is -0.610. The minimum atomic E-state index is 0.0482. The zero-order valence-corrected chi connectivity index (χ0v) is 7.45. The van der Waals surface area contributed by atoms with Crippen LogP contribution in [0.25, 0.3) is 0 Å². The highest BCUT2D eigenvalue weighted by Crippen LogP contribution is 2.01.